The first-order chi connectivity index (χ1) is 8.08. The number of halogens is 1. The first-order valence-corrected chi connectivity index (χ1v) is 5.89. The smallest absolute Gasteiger partial charge is 0.129 e. The Hall–Kier alpha value is -1.46. The van der Waals surface area contributed by atoms with E-state index in [9.17, 15) is 5.11 Å². The summed E-state index contributed by atoms with van der Waals surface area (Å²) in [5.74, 6) is 0.327. The van der Waals surface area contributed by atoms with E-state index in [2.05, 4.69) is 25.9 Å². The van der Waals surface area contributed by atoms with Crippen molar-refractivity contribution >= 4 is 21.7 Å². The number of aliphatic hydroxyl groups is 1. The van der Waals surface area contributed by atoms with Gasteiger partial charge >= 0.3 is 0 Å². The predicted octanol–water partition coefficient (Wildman–Crippen LogP) is 2.21. The van der Waals surface area contributed by atoms with Gasteiger partial charge in [0.15, 0.2) is 0 Å². The van der Waals surface area contributed by atoms with Gasteiger partial charge in [-0.3, -0.25) is 4.98 Å². The minimum Gasteiger partial charge on any atom is -0.383 e. The van der Waals surface area contributed by atoms with E-state index in [0.717, 1.165) is 10.0 Å². The zero-order valence-corrected chi connectivity index (χ0v) is 10.8. The molecule has 2 aromatic rings. The third kappa shape index (κ3) is 2.62. The number of hydrogen-bond donors (Lipinski definition) is 2. The third-order valence-corrected chi connectivity index (χ3v) is 2.88. The van der Waals surface area contributed by atoms with Crippen LogP contribution < -0.4 is 5.73 Å². The Balaban J connectivity index is 2.39. The maximum atomic E-state index is 10.2. The number of nitrogens with zero attached hydrogens (tertiary/aromatic N) is 2. The molecule has 0 bridgehead atoms. The first kappa shape index (κ1) is 12.0. The molecule has 1 atom stereocenters. The molecule has 0 fully saturated rings. The van der Waals surface area contributed by atoms with Gasteiger partial charge in [-0.25, -0.2) is 4.98 Å². The van der Waals surface area contributed by atoms with Crippen molar-refractivity contribution in [2.75, 3.05) is 5.73 Å². The molecular weight excluding hydrogens is 282 g/mol. The summed E-state index contributed by atoms with van der Waals surface area (Å²) in [5.41, 5.74) is 7.83. The van der Waals surface area contributed by atoms with E-state index >= 15 is 0 Å². The highest BCUT2D eigenvalue weighted by molar-refractivity contribution is 9.10. The molecule has 88 valence electrons. The standard InChI is InChI=1S/C12H12BrN3O/c1-7-4-9(12(14)16-5-7)11(17)10-3-2-8(13)6-15-10/h2-6,11,17H,1H3,(H2,14,16). The van der Waals surface area contributed by atoms with Crippen LogP contribution in [-0.2, 0) is 0 Å². The molecule has 1 unspecified atom stereocenters. The van der Waals surface area contributed by atoms with Crippen LogP contribution in [0.4, 0.5) is 5.82 Å². The van der Waals surface area contributed by atoms with E-state index in [1.54, 1.807) is 18.5 Å². The van der Waals surface area contributed by atoms with Gasteiger partial charge in [-0.2, -0.15) is 0 Å². The summed E-state index contributed by atoms with van der Waals surface area (Å²) in [6.45, 7) is 1.90. The predicted molar refractivity (Wildman–Crippen MR) is 69.4 cm³/mol. The SMILES string of the molecule is Cc1cnc(N)c(C(O)c2ccc(Br)cn2)c1. The van der Waals surface area contributed by atoms with Crippen molar-refractivity contribution in [2.45, 2.75) is 13.0 Å². The molecular formula is C12H12BrN3O. The second kappa shape index (κ2) is 4.81. The van der Waals surface area contributed by atoms with Gasteiger partial charge in [-0.15, -0.1) is 0 Å². The van der Waals surface area contributed by atoms with Crippen molar-refractivity contribution in [2.24, 2.45) is 0 Å². The molecule has 0 aliphatic rings. The number of pyridine rings is 2. The lowest BCUT2D eigenvalue weighted by molar-refractivity contribution is 0.215. The molecule has 0 saturated carbocycles. The largest absolute Gasteiger partial charge is 0.383 e. The number of rotatable bonds is 2. The second-order valence-corrected chi connectivity index (χ2v) is 4.71. The monoisotopic (exact) mass is 293 g/mol. The fourth-order valence-corrected chi connectivity index (χ4v) is 1.76. The Morgan fingerprint density at radius 2 is 2.06 bits per heavy atom. The molecule has 2 heterocycles. The Bertz CT molecular complexity index is 528. The Morgan fingerprint density at radius 3 is 2.71 bits per heavy atom. The molecule has 5 heteroatoms. The molecule has 0 spiro atoms. The minimum atomic E-state index is -0.851. The number of aryl methyl sites for hydroxylation is 1. The van der Waals surface area contributed by atoms with Gasteiger partial charge < -0.3 is 10.8 Å². The molecule has 3 N–H and O–H groups in total. The van der Waals surface area contributed by atoms with Crippen LogP contribution in [0, 0.1) is 6.92 Å². The second-order valence-electron chi connectivity index (χ2n) is 3.79. The number of aromatic nitrogens is 2. The van der Waals surface area contributed by atoms with Crippen LogP contribution >= 0.6 is 15.9 Å². The van der Waals surface area contributed by atoms with E-state index in [4.69, 9.17) is 5.73 Å². The number of aliphatic hydroxyl groups excluding tert-OH is 1. The van der Waals surface area contributed by atoms with Crippen LogP contribution in [0.5, 0.6) is 0 Å². The van der Waals surface area contributed by atoms with Gasteiger partial charge in [0, 0.05) is 22.4 Å². The number of nitrogen functional groups attached to an aromatic ring is 1. The first-order valence-electron chi connectivity index (χ1n) is 5.09. The van der Waals surface area contributed by atoms with E-state index in [0.29, 0.717) is 17.1 Å². The molecule has 17 heavy (non-hydrogen) atoms. The molecule has 0 amide bonds. The molecule has 0 aliphatic heterocycles. The summed E-state index contributed by atoms with van der Waals surface area (Å²) >= 11 is 3.30. The van der Waals surface area contributed by atoms with Crippen molar-refractivity contribution in [1.29, 1.82) is 0 Å². The summed E-state index contributed by atoms with van der Waals surface area (Å²) in [6.07, 6.45) is 2.45. The van der Waals surface area contributed by atoms with Crippen molar-refractivity contribution in [3.8, 4) is 0 Å². The summed E-state index contributed by atoms with van der Waals surface area (Å²) in [7, 11) is 0. The number of anilines is 1. The van der Waals surface area contributed by atoms with E-state index < -0.39 is 6.10 Å². The fraction of sp³-hybridized carbons (Fsp3) is 0.167. The number of hydrogen-bond acceptors (Lipinski definition) is 4. The quantitative estimate of drug-likeness (QED) is 0.890. The topological polar surface area (TPSA) is 72.0 Å². The van der Waals surface area contributed by atoms with Crippen molar-refractivity contribution in [1.82, 2.24) is 9.97 Å². The normalized spacial score (nSPS) is 12.4. The molecule has 0 aliphatic carbocycles. The fourth-order valence-electron chi connectivity index (χ4n) is 1.53. The Kier molecular flexibility index (Phi) is 3.40. The lowest BCUT2D eigenvalue weighted by atomic mass is 10.1. The Labute approximate surface area is 108 Å². The van der Waals surface area contributed by atoms with Crippen LogP contribution in [0.1, 0.15) is 22.9 Å². The molecule has 2 rings (SSSR count). The Morgan fingerprint density at radius 1 is 1.29 bits per heavy atom. The van der Waals surface area contributed by atoms with Crippen LogP contribution in [0.25, 0.3) is 0 Å². The molecule has 4 nitrogen and oxygen atoms in total. The van der Waals surface area contributed by atoms with Gasteiger partial charge in [0.25, 0.3) is 0 Å². The van der Waals surface area contributed by atoms with Gasteiger partial charge in [0.2, 0.25) is 0 Å². The van der Waals surface area contributed by atoms with E-state index in [1.807, 2.05) is 19.1 Å². The zero-order valence-electron chi connectivity index (χ0n) is 9.26. The summed E-state index contributed by atoms with van der Waals surface area (Å²) in [5, 5.41) is 10.2. The van der Waals surface area contributed by atoms with Crippen LogP contribution in [0.2, 0.25) is 0 Å². The molecule has 0 radical (unpaired) electrons. The van der Waals surface area contributed by atoms with Crippen LogP contribution in [0.15, 0.2) is 35.1 Å². The van der Waals surface area contributed by atoms with Gasteiger partial charge in [0.1, 0.15) is 11.9 Å². The lowest BCUT2D eigenvalue weighted by Crippen LogP contribution is -2.07. The van der Waals surface area contributed by atoms with Gasteiger partial charge in [-0.1, -0.05) is 0 Å². The lowest BCUT2D eigenvalue weighted by Gasteiger charge is -2.12. The molecule has 0 aromatic carbocycles. The van der Waals surface area contributed by atoms with Crippen molar-refractivity contribution < 1.29 is 5.11 Å². The number of nitrogens with two attached hydrogens (primary N) is 1. The average Bonchev–Trinajstić information content (AvgIpc) is 2.32. The molecule has 0 saturated heterocycles. The molecule has 2 aromatic heterocycles. The van der Waals surface area contributed by atoms with E-state index in [-0.39, 0.29) is 0 Å². The zero-order chi connectivity index (χ0) is 12.4. The minimum absolute atomic E-state index is 0.327. The van der Waals surface area contributed by atoms with Crippen molar-refractivity contribution in [3.63, 3.8) is 0 Å². The highest BCUT2D eigenvalue weighted by atomic mass is 79.9. The maximum absolute atomic E-state index is 10.2. The van der Waals surface area contributed by atoms with Crippen molar-refractivity contribution in [3.05, 3.63) is 51.9 Å². The van der Waals surface area contributed by atoms with Crippen LogP contribution in [0.3, 0.4) is 0 Å². The van der Waals surface area contributed by atoms with Gasteiger partial charge in [-0.05, 0) is 46.6 Å². The van der Waals surface area contributed by atoms with Crippen LogP contribution in [-0.4, -0.2) is 15.1 Å². The summed E-state index contributed by atoms with van der Waals surface area (Å²) in [4.78, 5) is 8.17. The van der Waals surface area contributed by atoms with E-state index in [1.165, 1.54) is 0 Å². The highest BCUT2D eigenvalue weighted by Crippen LogP contribution is 2.25. The highest BCUT2D eigenvalue weighted by Gasteiger charge is 2.15. The average molecular weight is 294 g/mol. The summed E-state index contributed by atoms with van der Waals surface area (Å²) < 4.78 is 0.865. The van der Waals surface area contributed by atoms with Gasteiger partial charge in [0.05, 0.1) is 5.69 Å². The third-order valence-electron chi connectivity index (χ3n) is 2.41. The summed E-state index contributed by atoms with van der Waals surface area (Å²) in [6, 6.07) is 5.39. The maximum Gasteiger partial charge on any atom is 0.129 e.